The summed E-state index contributed by atoms with van der Waals surface area (Å²) >= 11 is 5.47. The van der Waals surface area contributed by atoms with Crippen LogP contribution in [-0.4, -0.2) is 9.97 Å². The van der Waals surface area contributed by atoms with E-state index in [2.05, 4.69) is 9.97 Å². The third-order valence-corrected chi connectivity index (χ3v) is 1.47. The van der Waals surface area contributed by atoms with Gasteiger partial charge in [0.15, 0.2) is 5.82 Å². The van der Waals surface area contributed by atoms with Gasteiger partial charge in [-0.3, -0.25) is 0 Å². The Kier molecular flexibility index (Phi) is 2.39. The van der Waals surface area contributed by atoms with Crippen molar-refractivity contribution in [2.75, 3.05) is 0 Å². The third-order valence-electron chi connectivity index (χ3n) is 1.29. The van der Waals surface area contributed by atoms with Gasteiger partial charge in [0.25, 0.3) is 0 Å². The average molecular weight is 175 g/mol. The highest BCUT2D eigenvalue weighted by Gasteiger charge is 2.08. The largest absolute Gasteiger partial charge is 0.223 e. The second kappa shape index (κ2) is 3.13. The van der Waals surface area contributed by atoms with Crippen molar-refractivity contribution in [3.63, 3.8) is 0 Å². The number of nitrogens with zero attached hydrogens (tertiary/aromatic N) is 2. The van der Waals surface area contributed by atoms with Gasteiger partial charge in [-0.1, -0.05) is 13.8 Å². The maximum atomic E-state index is 12.8. The van der Waals surface area contributed by atoms with Crippen molar-refractivity contribution >= 4 is 11.6 Å². The van der Waals surface area contributed by atoms with Gasteiger partial charge >= 0.3 is 0 Å². The van der Waals surface area contributed by atoms with Crippen LogP contribution in [-0.2, 0) is 0 Å². The lowest BCUT2D eigenvalue weighted by atomic mass is 10.1. The van der Waals surface area contributed by atoms with Crippen LogP contribution in [0.4, 0.5) is 4.39 Å². The minimum Gasteiger partial charge on any atom is -0.223 e. The highest BCUT2D eigenvalue weighted by Crippen LogP contribution is 2.15. The number of aromatic nitrogens is 2. The predicted molar refractivity (Wildman–Crippen MR) is 41.1 cm³/mol. The van der Waals surface area contributed by atoms with Crippen molar-refractivity contribution in [3.8, 4) is 0 Å². The first-order valence-electron chi connectivity index (χ1n) is 3.29. The first-order valence-corrected chi connectivity index (χ1v) is 3.67. The Hall–Kier alpha value is -0.700. The highest BCUT2D eigenvalue weighted by atomic mass is 35.5. The van der Waals surface area contributed by atoms with Crippen LogP contribution in [0.15, 0.2) is 6.20 Å². The first-order chi connectivity index (χ1) is 5.11. The normalized spacial score (nSPS) is 10.6. The number of hydrogen-bond donors (Lipinski definition) is 0. The van der Waals surface area contributed by atoms with Crippen molar-refractivity contribution in [1.29, 1.82) is 0 Å². The molecular formula is C7H8ClFN2. The van der Waals surface area contributed by atoms with Crippen molar-refractivity contribution in [2.24, 2.45) is 0 Å². The number of hydrogen-bond acceptors (Lipinski definition) is 2. The monoisotopic (exact) mass is 174 g/mol. The molecule has 1 rings (SSSR count). The summed E-state index contributed by atoms with van der Waals surface area (Å²) in [4.78, 5) is 7.25. The molecule has 0 aliphatic carbocycles. The summed E-state index contributed by atoms with van der Waals surface area (Å²) in [6, 6.07) is 0. The van der Waals surface area contributed by atoms with Gasteiger partial charge in [0.05, 0.1) is 11.9 Å². The van der Waals surface area contributed by atoms with E-state index >= 15 is 0 Å². The zero-order valence-electron chi connectivity index (χ0n) is 6.31. The quantitative estimate of drug-likeness (QED) is 0.611. The van der Waals surface area contributed by atoms with Crippen LogP contribution in [0.3, 0.4) is 0 Å². The van der Waals surface area contributed by atoms with Gasteiger partial charge in [-0.2, -0.15) is 0 Å². The zero-order chi connectivity index (χ0) is 8.43. The average Bonchev–Trinajstić information content (AvgIpc) is 1.94. The lowest BCUT2D eigenvalue weighted by Crippen LogP contribution is -1.98. The van der Waals surface area contributed by atoms with E-state index in [1.807, 2.05) is 13.8 Å². The number of halogens is 2. The van der Waals surface area contributed by atoms with Crippen LogP contribution in [0.25, 0.3) is 0 Å². The fourth-order valence-electron chi connectivity index (χ4n) is 0.763. The second-order valence-electron chi connectivity index (χ2n) is 2.53. The third kappa shape index (κ3) is 1.87. The van der Waals surface area contributed by atoms with E-state index in [9.17, 15) is 4.39 Å². The Morgan fingerprint density at radius 3 is 2.64 bits per heavy atom. The van der Waals surface area contributed by atoms with Crippen molar-refractivity contribution in [1.82, 2.24) is 9.97 Å². The van der Waals surface area contributed by atoms with E-state index < -0.39 is 5.82 Å². The summed E-state index contributed by atoms with van der Waals surface area (Å²) in [7, 11) is 0. The maximum Gasteiger partial charge on any atom is 0.222 e. The van der Waals surface area contributed by atoms with Crippen LogP contribution in [0.5, 0.6) is 0 Å². The summed E-state index contributed by atoms with van der Waals surface area (Å²) in [5.41, 5.74) is 0.366. The summed E-state index contributed by atoms with van der Waals surface area (Å²) in [6.07, 6.45) is 1.09. The van der Waals surface area contributed by atoms with Gasteiger partial charge in [0.2, 0.25) is 5.28 Å². The molecule has 0 fully saturated rings. The fraction of sp³-hybridized carbons (Fsp3) is 0.429. The molecule has 0 aliphatic heterocycles. The van der Waals surface area contributed by atoms with Crippen LogP contribution in [0.1, 0.15) is 25.5 Å². The summed E-state index contributed by atoms with van der Waals surface area (Å²) in [5.74, 6) is -0.361. The predicted octanol–water partition coefficient (Wildman–Crippen LogP) is 2.39. The standard InChI is InChI=1S/C7H8ClFN2/c1-4(2)6-5(9)3-10-7(8)11-6/h3-4H,1-2H3. The molecule has 0 aliphatic rings. The molecular weight excluding hydrogens is 167 g/mol. The smallest absolute Gasteiger partial charge is 0.222 e. The lowest BCUT2D eigenvalue weighted by molar-refractivity contribution is 0.576. The van der Waals surface area contributed by atoms with E-state index in [4.69, 9.17) is 11.6 Å². The van der Waals surface area contributed by atoms with E-state index in [1.165, 1.54) is 0 Å². The Morgan fingerprint density at radius 1 is 1.55 bits per heavy atom. The molecule has 1 aromatic rings. The van der Waals surface area contributed by atoms with Gasteiger partial charge in [-0.15, -0.1) is 0 Å². The minimum absolute atomic E-state index is 0.0375. The molecule has 0 atom stereocenters. The molecule has 2 nitrogen and oxygen atoms in total. The Balaban J connectivity index is 3.13. The Morgan fingerprint density at radius 2 is 2.18 bits per heavy atom. The molecule has 0 saturated carbocycles. The molecule has 0 aromatic carbocycles. The van der Waals surface area contributed by atoms with E-state index in [-0.39, 0.29) is 11.2 Å². The lowest BCUT2D eigenvalue weighted by Gasteiger charge is -2.03. The van der Waals surface area contributed by atoms with Crippen LogP contribution < -0.4 is 0 Å². The minimum atomic E-state index is -0.399. The maximum absolute atomic E-state index is 12.8. The molecule has 4 heteroatoms. The molecule has 1 aromatic heterocycles. The molecule has 0 amide bonds. The van der Waals surface area contributed by atoms with Crippen molar-refractivity contribution in [3.05, 3.63) is 23.0 Å². The second-order valence-corrected chi connectivity index (χ2v) is 2.86. The molecule has 0 radical (unpaired) electrons. The van der Waals surface area contributed by atoms with E-state index in [1.54, 1.807) is 0 Å². The van der Waals surface area contributed by atoms with Crippen molar-refractivity contribution < 1.29 is 4.39 Å². The van der Waals surface area contributed by atoms with E-state index in [0.29, 0.717) is 5.69 Å². The van der Waals surface area contributed by atoms with Gasteiger partial charge < -0.3 is 0 Å². The van der Waals surface area contributed by atoms with Gasteiger partial charge in [0, 0.05) is 0 Å². The molecule has 0 spiro atoms. The first kappa shape index (κ1) is 8.40. The van der Waals surface area contributed by atoms with Crippen LogP contribution >= 0.6 is 11.6 Å². The van der Waals surface area contributed by atoms with Gasteiger partial charge in [0.1, 0.15) is 0 Å². The fourth-order valence-corrected chi connectivity index (χ4v) is 0.902. The van der Waals surface area contributed by atoms with Crippen LogP contribution in [0.2, 0.25) is 5.28 Å². The molecule has 0 N–H and O–H groups in total. The Bertz CT molecular complexity index is 263. The molecule has 1 heterocycles. The summed E-state index contributed by atoms with van der Waals surface area (Å²) in [5, 5.41) is 0.0927. The zero-order valence-corrected chi connectivity index (χ0v) is 7.06. The molecule has 0 saturated heterocycles. The Labute approximate surface area is 69.4 Å². The SMILES string of the molecule is CC(C)c1nc(Cl)ncc1F. The molecule has 0 unspecified atom stereocenters. The van der Waals surface area contributed by atoms with Crippen LogP contribution in [0, 0.1) is 5.82 Å². The molecule has 0 bridgehead atoms. The van der Waals surface area contributed by atoms with Gasteiger partial charge in [-0.05, 0) is 17.5 Å². The molecule has 60 valence electrons. The topological polar surface area (TPSA) is 25.8 Å². The molecule has 11 heavy (non-hydrogen) atoms. The van der Waals surface area contributed by atoms with Gasteiger partial charge in [-0.25, -0.2) is 14.4 Å². The number of rotatable bonds is 1. The highest BCUT2D eigenvalue weighted by molar-refractivity contribution is 6.28. The van der Waals surface area contributed by atoms with E-state index in [0.717, 1.165) is 6.20 Å². The summed E-state index contributed by atoms with van der Waals surface area (Å²) < 4.78 is 12.8. The summed E-state index contributed by atoms with van der Waals surface area (Å²) in [6.45, 7) is 3.70. The van der Waals surface area contributed by atoms with Crippen molar-refractivity contribution in [2.45, 2.75) is 19.8 Å².